The summed E-state index contributed by atoms with van der Waals surface area (Å²) in [7, 11) is 0. The minimum absolute atomic E-state index is 0.507. The van der Waals surface area contributed by atoms with Crippen LogP contribution in [0.3, 0.4) is 0 Å². The number of para-hydroxylation sites is 1. The Hall–Kier alpha value is -7.45. The molecule has 1 heterocycles. The highest BCUT2D eigenvalue weighted by molar-refractivity contribution is 6.23. The molecule has 9 aromatic rings. The molecule has 0 aliphatic heterocycles. The first-order chi connectivity index (χ1) is 25.2. The van der Waals surface area contributed by atoms with Crippen molar-refractivity contribution in [2.45, 2.75) is 0 Å². The van der Waals surface area contributed by atoms with Crippen molar-refractivity contribution in [2.75, 3.05) is 0 Å². The van der Waals surface area contributed by atoms with Crippen LogP contribution in [-0.4, -0.2) is 4.57 Å². The molecule has 1 aromatic heterocycles. The third-order valence-corrected chi connectivity index (χ3v) is 9.88. The average Bonchev–Trinajstić information content (AvgIpc) is 3.53. The van der Waals surface area contributed by atoms with Gasteiger partial charge in [0.15, 0.2) is 5.69 Å². The Bertz CT molecular complexity index is 2940. The number of benzene rings is 8. The number of rotatable bonds is 4. The highest BCUT2D eigenvalue weighted by Gasteiger charge is 2.22. The molecule has 0 aliphatic rings. The van der Waals surface area contributed by atoms with E-state index in [1.54, 1.807) is 0 Å². The minimum atomic E-state index is 0.507. The fourth-order valence-electron chi connectivity index (χ4n) is 7.74. The van der Waals surface area contributed by atoms with Crippen molar-refractivity contribution in [3.63, 3.8) is 0 Å². The summed E-state index contributed by atoms with van der Waals surface area (Å²) < 4.78 is 2.11. The first-order valence-electron chi connectivity index (χ1n) is 16.7. The van der Waals surface area contributed by atoms with Gasteiger partial charge in [0.1, 0.15) is 6.07 Å². The minimum Gasteiger partial charge on any atom is -0.308 e. The quantitative estimate of drug-likeness (QED) is 0.141. The van der Waals surface area contributed by atoms with Crippen molar-refractivity contribution in [1.29, 1.82) is 10.5 Å². The monoisotopic (exact) mass is 646 g/mol. The highest BCUT2D eigenvalue weighted by Crippen LogP contribution is 2.49. The Kier molecular flexibility index (Phi) is 6.93. The number of hydrogen-bond donors (Lipinski definition) is 0. The molecule has 9 rings (SSSR count). The van der Waals surface area contributed by atoms with Gasteiger partial charge < -0.3 is 4.57 Å². The predicted octanol–water partition coefficient (Wildman–Crippen LogP) is 12.4. The van der Waals surface area contributed by atoms with Crippen LogP contribution in [0.2, 0.25) is 0 Å². The van der Waals surface area contributed by atoms with E-state index in [1.165, 1.54) is 0 Å². The van der Waals surface area contributed by atoms with E-state index in [2.05, 4.69) is 113 Å². The van der Waals surface area contributed by atoms with E-state index in [9.17, 15) is 10.5 Å². The maximum atomic E-state index is 10.7. The van der Waals surface area contributed by atoms with Crippen LogP contribution in [0.4, 0.5) is 5.69 Å². The van der Waals surface area contributed by atoms with Crippen LogP contribution in [0.25, 0.3) is 87.3 Å². The van der Waals surface area contributed by atoms with Gasteiger partial charge in [-0.25, -0.2) is 4.85 Å². The van der Waals surface area contributed by atoms with Gasteiger partial charge in [0.25, 0.3) is 0 Å². The lowest BCUT2D eigenvalue weighted by molar-refractivity contribution is 1.17. The summed E-state index contributed by atoms with van der Waals surface area (Å²) in [6.45, 7) is 8.32. The van der Waals surface area contributed by atoms with E-state index >= 15 is 0 Å². The molecule has 51 heavy (non-hydrogen) atoms. The maximum absolute atomic E-state index is 10.7. The van der Waals surface area contributed by atoms with E-state index in [-0.39, 0.29) is 0 Å². The van der Waals surface area contributed by atoms with E-state index in [0.29, 0.717) is 16.8 Å². The average molecular weight is 647 g/mol. The molecule has 0 fully saturated rings. The smallest absolute Gasteiger partial charge is 0.195 e. The Morgan fingerprint density at radius 1 is 0.471 bits per heavy atom. The molecule has 0 unspecified atom stereocenters. The maximum Gasteiger partial charge on any atom is 0.195 e. The topological polar surface area (TPSA) is 56.9 Å². The molecule has 0 amide bonds. The van der Waals surface area contributed by atoms with Crippen molar-refractivity contribution >= 4 is 49.0 Å². The van der Waals surface area contributed by atoms with E-state index in [0.717, 1.165) is 82.4 Å². The molecule has 0 atom stereocenters. The van der Waals surface area contributed by atoms with E-state index < -0.39 is 0 Å². The van der Waals surface area contributed by atoms with Crippen molar-refractivity contribution in [2.24, 2.45) is 0 Å². The Labute approximate surface area is 294 Å². The van der Waals surface area contributed by atoms with Crippen LogP contribution in [0, 0.1) is 29.2 Å². The van der Waals surface area contributed by atoms with Gasteiger partial charge in [0.2, 0.25) is 0 Å². The number of hydrogen-bond acceptors (Lipinski definition) is 2. The second-order valence-corrected chi connectivity index (χ2v) is 12.6. The van der Waals surface area contributed by atoms with Crippen LogP contribution < -0.4 is 0 Å². The van der Waals surface area contributed by atoms with Crippen LogP contribution in [0.5, 0.6) is 0 Å². The van der Waals surface area contributed by atoms with Crippen molar-refractivity contribution in [1.82, 2.24) is 4.57 Å². The molecule has 234 valence electrons. The third kappa shape index (κ3) is 4.58. The SMILES string of the molecule is [C-]#[N+]c1cccc(-c2ccc(-n3c4ccccc4c4cc(C#N)ccc43)c(C#N)c2)c1-c1c2ccccc2c(-c2ccccc2)c2ccccc12. The summed E-state index contributed by atoms with van der Waals surface area (Å²) in [5, 5.41) is 26.6. The fraction of sp³-hybridized carbons (Fsp3) is 0. The lowest BCUT2D eigenvalue weighted by atomic mass is 9.83. The zero-order chi connectivity index (χ0) is 34.5. The van der Waals surface area contributed by atoms with Gasteiger partial charge >= 0.3 is 0 Å². The molecule has 0 bridgehead atoms. The van der Waals surface area contributed by atoms with Crippen LogP contribution in [0.15, 0.2) is 158 Å². The Morgan fingerprint density at radius 3 is 1.76 bits per heavy atom. The Morgan fingerprint density at radius 2 is 1.10 bits per heavy atom. The fourth-order valence-corrected chi connectivity index (χ4v) is 7.74. The first-order valence-corrected chi connectivity index (χ1v) is 16.7. The molecule has 4 heteroatoms. The van der Waals surface area contributed by atoms with Crippen LogP contribution in [0.1, 0.15) is 11.1 Å². The van der Waals surface area contributed by atoms with Crippen LogP contribution in [-0.2, 0) is 0 Å². The van der Waals surface area contributed by atoms with Crippen LogP contribution >= 0.6 is 0 Å². The third-order valence-electron chi connectivity index (χ3n) is 9.88. The lowest BCUT2D eigenvalue weighted by Gasteiger charge is -2.21. The molecule has 4 nitrogen and oxygen atoms in total. The standard InChI is InChI=1S/C47H26N4/c1-50-41-20-11-19-34(47(41)46-38-17-7-5-15-36(38)45(31-12-3-2-4-13-31)37-16-6-8-18-39(37)46)32-23-25-42(33(27-32)29-49)51-43-21-10-9-14-35(43)40-26-30(28-48)22-24-44(40)51/h2-27H. The van der Waals surface area contributed by atoms with Crippen molar-refractivity contribution < 1.29 is 0 Å². The normalized spacial score (nSPS) is 11.1. The summed E-state index contributed by atoms with van der Waals surface area (Å²) in [6, 6.07) is 57.7. The molecular formula is C47H26N4. The van der Waals surface area contributed by atoms with Gasteiger partial charge in [-0.1, -0.05) is 121 Å². The van der Waals surface area contributed by atoms with E-state index in [1.807, 2.05) is 66.7 Å². The number of fused-ring (bicyclic) bond motifs is 5. The highest BCUT2D eigenvalue weighted by atomic mass is 15.0. The molecule has 0 spiro atoms. The van der Waals surface area contributed by atoms with Crippen molar-refractivity contribution in [3.05, 3.63) is 180 Å². The molecule has 0 saturated heterocycles. The molecular weight excluding hydrogens is 621 g/mol. The lowest BCUT2D eigenvalue weighted by Crippen LogP contribution is -1.98. The second-order valence-electron chi connectivity index (χ2n) is 12.6. The van der Waals surface area contributed by atoms with Gasteiger partial charge in [0, 0.05) is 10.8 Å². The summed E-state index contributed by atoms with van der Waals surface area (Å²) in [5.41, 5.74) is 10.2. The Balaban J connectivity index is 1.32. The second kappa shape index (κ2) is 11.9. The summed E-state index contributed by atoms with van der Waals surface area (Å²) in [4.78, 5) is 4.07. The van der Waals surface area contributed by atoms with Gasteiger partial charge in [0.05, 0.1) is 40.5 Å². The van der Waals surface area contributed by atoms with Gasteiger partial charge in [-0.15, -0.1) is 0 Å². The summed E-state index contributed by atoms with van der Waals surface area (Å²) in [6.07, 6.45) is 0. The molecule has 0 aliphatic carbocycles. The number of aromatic nitrogens is 1. The molecule has 0 saturated carbocycles. The zero-order valence-electron chi connectivity index (χ0n) is 27.3. The summed E-state index contributed by atoms with van der Waals surface area (Å²) >= 11 is 0. The largest absolute Gasteiger partial charge is 0.308 e. The predicted molar refractivity (Wildman–Crippen MR) is 208 cm³/mol. The molecule has 0 N–H and O–H groups in total. The zero-order valence-corrected chi connectivity index (χ0v) is 27.3. The van der Waals surface area contributed by atoms with Crippen molar-refractivity contribution in [3.8, 4) is 51.2 Å². The van der Waals surface area contributed by atoms with Gasteiger partial charge in [-0.3, -0.25) is 0 Å². The first kappa shape index (κ1) is 29.7. The molecule has 0 radical (unpaired) electrons. The summed E-state index contributed by atoms with van der Waals surface area (Å²) in [5.74, 6) is 0. The number of nitrogens with zero attached hydrogens (tertiary/aromatic N) is 4. The van der Waals surface area contributed by atoms with Gasteiger partial charge in [-0.05, 0) is 91.3 Å². The van der Waals surface area contributed by atoms with E-state index in [4.69, 9.17) is 6.57 Å². The van der Waals surface area contributed by atoms with Gasteiger partial charge in [-0.2, -0.15) is 10.5 Å². The molecule has 8 aromatic carbocycles. The number of nitriles is 2.